The Balaban J connectivity index is 1.24. The van der Waals surface area contributed by atoms with Crippen LogP contribution in [0.25, 0.3) is 20.7 Å². The average molecular weight is 479 g/mol. The summed E-state index contributed by atoms with van der Waals surface area (Å²) in [7, 11) is 0. The number of nitrogens with zero attached hydrogens (tertiary/aromatic N) is 4. The molecule has 1 aliphatic heterocycles. The molecule has 0 bridgehead atoms. The van der Waals surface area contributed by atoms with Crippen molar-refractivity contribution in [3.63, 3.8) is 0 Å². The molecule has 3 heterocycles. The molecule has 2 fully saturated rings. The van der Waals surface area contributed by atoms with E-state index in [1.165, 1.54) is 13.1 Å². The van der Waals surface area contributed by atoms with Crippen LogP contribution in [0.5, 0.6) is 0 Å². The summed E-state index contributed by atoms with van der Waals surface area (Å²) in [6, 6.07) is 8.41. The van der Waals surface area contributed by atoms with Gasteiger partial charge >= 0.3 is 0 Å². The number of benzene rings is 1. The molecule has 34 heavy (non-hydrogen) atoms. The summed E-state index contributed by atoms with van der Waals surface area (Å²) in [6.07, 6.45) is 5.13. The molecule has 1 aliphatic carbocycles. The van der Waals surface area contributed by atoms with Crippen molar-refractivity contribution in [3.05, 3.63) is 41.6 Å². The third-order valence-corrected chi connectivity index (χ3v) is 7.88. The predicted molar refractivity (Wildman–Crippen MR) is 140 cm³/mol. The number of rotatable bonds is 9. The van der Waals surface area contributed by atoms with Gasteiger partial charge in [0.25, 0.3) is 5.91 Å². The summed E-state index contributed by atoms with van der Waals surface area (Å²) >= 11 is 1.68. The second kappa shape index (κ2) is 10.4. The minimum Gasteiger partial charge on any atom is -0.354 e. The predicted octanol–water partition coefficient (Wildman–Crippen LogP) is 4.00. The lowest BCUT2D eigenvalue weighted by Crippen LogP contribution is -2.46. The van der Waals surface area contributed by atoms with Gasteiger partial charge in [-0.3, -0.25) is 4.79 Å². The van der Waals surface area contributed by atoms with Crippen molar-refractivity contribution in [2.75, 3.05) is 51.1 Å². The molecule has 0 spiro atoms. The molecule has 2 N–H and O–H groups in total. The minimum atomic E-state index is 0.0234. The summed E-state index contributed by atoms with van der Waals surface area (Å²) in [4.78, 5) is 28.2. The zero-order valence-corrected chi connectivity index (χ0v) is 21.0. The Hall–Kier alpha value is -2.55. The van der Waals surface area contributed by atoms with E-state index in [4.69, 9.17) is 4.98 Å². The first-order valence-electron chi connectivity index (χ1n) is 12.5. The van der Waals surface area contributed by atoms with Crippen LogP contribution in [-0.2, 0) is 0 Å². The number of fused-ring (bicyclic) bond motifs is 1. The number of aromatic nitrogens is 2. The number of carbonyl (C=O) groups is 1. The first-order chi connectivity index (χ1) is 16.6. The van der Waals surface area contributed by atoms with Crippen LogP contribution < -0.4 is 10.6 Å². The molecule has 1 aromatic carbocycles. The minimum absolute atomic E-state index is 0.0234. The van der Waals surface area contributed by atoms with Gasteiger partial charge in [-0.15, -0.1) is 11.3 Å². The maximum absolute atomic E-state index is 12.7. The van der Waals surface area contributed by atoms with Crippen molar-refractivity contribution in [2.24, 2.45) is 0 Å². The van der Waals surface area contributed by atoms with Gasteiger partial charge in [0.05, 0.1) is 10.6 Å². The number of piperazine rings is 1. The number of hydrogen-bond donors (Lipinski definition) is 2. The second-order valence-corrected chi connectivity index (χ2v) is 10.4. The molecule has 8 heteroatoms. The third-order valence-electron chi connectivity index (χ3n) is 6.77. The van der Waals surface area contributed by atoms with Gasteiger partial charge in [-0.2, -0.15) is 0 Å². The van der Waals surface area contributed by atoms with E-state index in [1.807, 2.05) is 25.3 Å². The normalized spacial score (nSPS) is 17.2. The van der Waals surface area contributed by atoms with Gasteiger partial charge in [-0.25, -0.2) is 9.97 Å². The van der Waals surface area contributed by atoms with Crippen LogP contribution in [0.4, 0.5) is 5.95 Å². The second-order valence-electron chi connectivity index (χ2n) is 9.36. The summed E-state index contributed by atoms with van der Waals surface area (Å²) < 4.78 is 1.11. The molecule has 1 saturated carbocycles. The monoisotopic (exact) mass is 478 g/mol. The number of thiophene rings is 1. The van der Waals surface area contributed by atoms with E-state index >= 15 is 0 Å². The van der Waals surface area contributed by atoms with E-state index in [0.717, 1.165) is 83.8 Å². The summed E-state index contributed by atoms with van der Waals surface area (Å²) in [5.74, 6) is 0.691. The van der Waals surface area contributed by atoms with Crippen LogP contribution in [0.3, 0.4) is 0 Å². The molecule has 7 nitrogen and oxygen atoms in total. The van der Waals surface area contributed by atoms with Crippen LogP contribution in [0.2, 0.25) is 0 Å². The van der Waals surface area contributed by atoms with Gasteiger partial charge in [0.1, 0.15) is 0 Å². The first-order valence-corrected chi connectivity index (χ1v) is 13.3. The number of nitrogens with one attached hydrogen (secondary N) is 2. The Labute approximate surface area is 205 Å². The largest absolute Gasteiger partial charge is 0.354 e. The molecule has 1 amide bonds. The molecular weight excluding hydrogens is 444 g/mol. The molecule has 0 unspecified atom stereocenters. The van der Waals surface area contributed by atoms with E-state index in [2.05, 4.69) is 44.5 Å². The van der Waals surface area contributed by atoms with Gasteiger partial charge in [-0.1, -0.05) is 13.0 Å². The average Bonchev–Trinajstić information content (AvgIpc) is 3.56. The molecule has 2 aliphatic rings. The molecule has 1 saturated heterocycles. The highest BCUT2D eigenvalue weighted by atomic mass is 32.1. The van der Waals surface area contributed by atoms with Gasteiger partial charge in [0.15, 0.2) is 0 Å². The molecule has 0 atom stereocenters. The molecular formula is C26H34N6OS. The zero-order valence-electron chi connectivity index (χ0n) is 20.1. The smallest absolute Gasteiger partial charge is 0.252 e. The van der Waals surface area contributed by atoms with Crippen LogP contribution in [0.15, 0.2) is 30.5 Å². The standard InChI is InChI=1S/C26H34N6OS/c1-3-31-12-14-32(15-13-31)11-5-10-27-26-28-17-18(2)24(30-26)23-16-21-20(6-4-7-22(21)34-23)25(33)29-19-8-9-19/h4,6-7,16-17,19H,3,5,8-15H2,1-2H3,(H,29,33)(H,27,28,30). The van der Waals surface area contributed by atoms with Crippen molar-refractivity contribution in [1.29, 1.82) is 0 Å². The molecule has 0 radical (unpaired) electrons. The third kappa shape index (κ3) is 5.40. The zero-order chi connectivity index (χ0) is 23.5. The van der Waals surface area contributed by atoms with Gasteiger partial charge in [0, 0.05) is 60.6 Å². The van der Waals surface area contributed by atoms with Crippen LogP contribution in [0.1, 0.15) is 42.1 Å². The SMILES string of the molecule is CCN1CCN(CCCNc2ncc(C)c(-c3cc4c(C(=O)NC5CC5)cccc4s3)n2)CC1. The lowest BCUT2D eigenvalue weighted by Gasteiger charge is -2.33. The number of aryl methyl sites for hydroxylation is 1. The number of amides is 1. The van der Waals surface area contributed by atoms with E-state index in [1.54, 1.807) is 11.3 Å². The molecule has 3 aromatic rings. The van der Waals surface area contributed by atoms with Crippen LogP contribution in [0, 0.1) is 6.92 Å². The van der Waals surface area contributed by atoms with Crippen molar-refractivity contribution in [2.45, 2.75) is 39.2 Å². The Morgan fingerprint density at radius 3 is 2.74 bits per heavy atom. The van der Waals surface area contributed by atoms with Crippen molar-refractivity contribution >= 4 is 33.3 Å². The van der Waals surface area contributed by atoms with E-state index in [9.17, 15) is 4.79 Å². The van der Waals surface area contributed by atoms with Crippen molar-refractivity contribution in [1.82, 2.24) is 25.1 Å². The molecule has 5 rings (SSSR count). The fourth-order valence-corrected chi connectivity index (χ4v) is 5.62. The Morgan fingerprint density at radius 1 is 1.18 bits per heavy atom. The highest BCUT2D eigenvalue weighted by molar-refractivity contribution is 7.22. The Bertz CT molecular complexity index is 1150. The number of anilines is 1. The highest BCUT2D eigenvalue weighted by Crippen LogP contribution is 2.36. The van der Waals surface area contributed by atoms with Gasteiger partial charge in [0.2, 0.25) is 5.95 Å². The van der Waals surface area contributed by atoms with Crippen molar-refractivity contribution < 1.29 is 4.79 Å². The number of likely N-dealkylation sites (N-methyl/N-ethyl adjacent to an activating group) is 1. The fraction of sp³-hybridized carbons (Fsp3) is 0.500. The topological polar surface area (TPSA) is 73.4 Å². The quantitative estimate of drug-likeness (QED) is 0.453. The first kappa shape index (κ1) is 23.2. The van der Waals surface area contributed by atoms with E-state index in [0.29, 0.717) is 12.0 Å². The van der Waals surface area contributed by atoms with Gasteiger partial charge in [-0.05, 0) is 63.0 Å². The summed E-state index contributed by atoms with van der Waals surface area (Å²) in [6.45, 7) is 12.0. The lowest BCUT2D eigenvalue weighted by molar-refractivity contribution is 0.0953. The molecule has 180 valence electrons. The van der Waals surface area contributed by atoms with Crippen LogP contribution in [-0.4, -0.2) is 77.5 Å². The molecule has 2 aromatic heterocycles. The van der Waals surface area contributed by atoms with Crippen LogP contribution >= 0.6 is 11.3 Å². The van der Waals surface area contributed by atoms with E-state index < -0.39 is 0 Å². The maximum atomic E-state index is 12.7. The van der Waals surface area contributed by atoms with Crippen molar-refractivity contribution in [3.8, 4) is 10.6 Å². The Morgan fingerprint density at radius 2 is 1.97 bits per heavy atom. The fourth-order valence-electron chi connectivity index (χ4n) is 4.48. The highest BCUT2D eigenvalue weighted by Gasteiger charge is 2.25. The lowest BCUT2D eigenvalue weighted by atomic mass is 10.1. The van der Waals surface area contributed by atoms with Gasteiger partial charge < -0.3 is 20.4 Å². The summed E-state index contributed by atoms with van der Waals surface area (Å²) in [5, 5.41) is 7.52. The van der Waals surface area contributed by atoms with E-state index in [-0.39, 0.29) is 5.91 Å². The maximum Gasteiger partial charge on any atom is 0.252 e. The Kier molecular flexibility index (Phi) is 7.08. The number of hydrogen-bond acceptors (Lipinski definition) is 7. The number of carbonyl (C=O) groups excluding carboxylic acids is 1. The summed E-state index contributed by atoms with van der Waals surface area (Å²) in [5.41, 5.74) is 2.72.